The van der Waals surface area contributed by atoms with Gasteiger partial charge in [0.05, 0.1) is 29.4 Å². The molecule has 0 radical (unpaired) electrons. The Kier molecular flexibility index (Phi) is 3.24. The molecule has 1 heterocycles. The van der Waals surface area contributed by atoms with Gasteiger partial charge in [0.1, 0.15) is 0 Å². The van der Waals surface area contributed by atoms with Gasteiger partial charge in [0.15, 0.2) is 6.29 Å². The summed E-state index contributed by atoms with van der Waals surface area (Å²) in [5.41, 5.74) is 3.96. The summed E-state index contributed by atoms with van der Waals surface area (Å²) in [5, 5.41) is 13.1. The fourth-order valence-corrected chi connectivity index (χ4v) is 1.89. The number of aldehydes is 1. The molecule has 2 rings (SSSR count). The van der Waals surface area contributed by atoms with Gasteiger partial charge in [-0.3, -0.25) is 9.48 Å². The molecule has 2 aromatic rings. The number of aromatic nitrogens is 2. The van der Waals surface area contributed by atoms with Gasteiger partial charge in [-0.25, -0.2) is 0 Å². The second kappa shape index (κ2) is 4.84. The number of carbonyl (C=O) groups is 1. The third-order valence-corrected chi connectivity index (χ3v) is 2.97. The molecule has 0 aliphatic heterocycles. The molecule has 1 aromatic heterocycles. The highest BCUT2D eigenvalue weighted by molar-refractivity contribution is 5.78. The minimum Gasteiger partial charge on any atom is -0.298 e. The van der Waals surface area contributed by atoms with Crippen molar-refractivity contribution in [3.05, 3.63) is 52.3 Å². The van der Waals surface area contributed by atoms with Crippen LogP contribution in [0.1, 0.15) is 32.9 Å². The molecule has 90 valence electrons. The van der Waals surface area contributed by atoms with Crippen molar-refractivity contribution in [1.82, 2.24) is 9.78 Å². The maximum Gasteiger partial charge on any atom is 0.153 e. The lowest BCUT2D eigenvalue weighted by atomic mass is 10.1. The molecule has 0 N–H and O–H groups in total. The van der Waals surface area contributed by atoms with Crippen molar-refractivity contribution < 1.29 is 4.79 Å². The van der Waals surface area contributed by atoms with Crippen molar-refractivity contribution in [2.24, 2.45) is 0 Å². The third kappa shape index (κ3) is 2.16. The lowest BCUT2D eigenvalue weighted by Gasteiger charge is -2.04. The maximum absolute atomic E-state index is 10.9. The second-order valence-corrected chi connectivity index (χ2v) is 4.17. The highest BCUT2D eigenvalue weighted by Gasteiger charge is 2.10. The Labute approximate surface area is 105 Å². The average molecular weight is 239 g/mol. The third-order valence-electron chi connectivity index (χ3n) is 2.97. The number of aryl methyl sites for hydroxylation is 1. The van der Waals surface area contributed by atoms with Gasteiger partial charge in [-0.15, -0.1) is 0 Å². The van der Waals surface area contributed by atoms with Crippen LogP contribution in [0, 0.1) is 25.2 Å². The molecule has 0 aliphatic carbocycles. The topological polar surface area (TPSA) is 58.7 Å². The standard InChI is InChI=1S/C14H13N3O/c1-10-14(9-18)11(2)17(16-10)8-13-5-3-12(7-15)4-6-13/h3-6,9H,8H2,1-2H3. The van der Waals surface area contributed by atoms with Crippen molar-refractivity contribution >= 4 is 6.29 Å². The lowest BCUT2D eigenvalue weighted by molar-refractivity contribution is 0.112. The molecule has 0 amide bonds. The van der Waals surface area contributed by atoms with E-state index in [9.17, 15) is 4.79 Å². The number of benzene rings is 1. The Hall–Kier alpha value is -2.41. The Morgan fingerprint density at radius 2 is 2.00 bits per heavy atom. The predicted octanol–water partition coefficient (Wildman–Crippen LogP) is 2.23. The highest BCUT2D eigenvalue weighted by Crippen LogP contribution is 2.13. The van der Waals surface area contributed by atoms with E-state index in [0.29, 0.717) is 17.7 Å². The summed E-state index contributed by atoms with van der Waals surface area (Å²) >= 11 is 0. The summed E-state index contributed by atoms with van der Waals surface area (Å²) in [6.07, 6.45) is 0.840. The van der Waals surface area contributed by atoms with Gasteiger partial charge in [-0.2, -0.15) is 10.4 Å². The molecule has 0 fully saturated rings. The fraction of sp³-hybridized carbons (Fsp3) is 0.214. The van der Waals surface area contributed by atoms with E-state index in [4.69, 9.17) is 5.26 Å². The van der Waals surface area contributed by atoms with Gasteiger partial charge in [0, 0.05) is 5.69 Å². The normalized spacial score (nSPS) is 10.1. The summed E-state index contributed by atoms with van der Waals surface area (Å²) in [6.45, 7) is 4.31. The van der Waals surface area contributed by atoms with Gasteiger partial charge in [0.2, 0.25) is 0 Å². The van der Waals surface area contributed by atoms with E-state index in [1.165, 1.54) is 0 Å². The Morgan fingerprint density at radius 1 is 1.33 bits per heavy atom. The van der Waals surface area contributed by atoms with Gasteiger partial charge in [0.25, 0.3) is 0 Å². The van der Waals surface area contributed by atoms with Crippen LogP contribution in [0.3, 0.4) is 0 Å². The van der Waals surface area contributed by atoms with Crippen LogP contribution in [0.4, 0.5) is 0 Å². The highest BCUT2D eigenvalue weighted by atomic mass is 16.1. The summed E-state index contributed by atoms with van der Waals surface area (Å²) in [4.78, 5) is 10.9. The van der Waals surface area contributed by atoms with Crippen LogP contribution >= 0.6 is 0 Å². The predicted molar refractivity (Wildman–Crippen MR) is 67.3 cm³/mol. The van der Waals surface area contributed by atoms with Crippen molar-refractivity contribution in [2.45, 2.75) is 20.4 Å². The minimum absolute atomic E-state index is 0.603. The van der Waals surface area contributed by atoms with E-state index in [1.807, 2.05) is 26.0 Å². The lowest BCUT2D eigenvalue weighted by Crippen LogP contribution is -2.04. The largest absolute Gasteiger partial charge is 0.298 e. The molecule has 4 nitrogen and oxygen atoms in total. The van der Waals surface area contributed by atoms with E-state index in [1.54, 1.807) is 16.8 Å². The molecule has 0 saturated carbocycles. The number of hydrogen-bond donors (Lipinski definition) is 0. The molecule has 0 spiro atoms. The number of carbonyl (C=O) groups excluding carboxylic acids is 1. The van der Waals surface area contributed by atoms with Gasteiger partial charge in [-0.1, -0.05) is 12.1 Å². The van der Waals surface area contributed by atoms with Crippen LogP contribution in [0.25, 0.3) is 0 Å². The van der Waals surface area contributed by atoms with E-state index >= 15 is 0 Å². The smallest absolute Gasteiger partial charge is 0.153 e. The molecule has 0 bridgehead atoms. The second-order valence-electron chi connectivity index (χ2n) is 4.17. The van der Waals surface area contributed by atoms with Gasteiger partial charge < -0.3 is 0 Å². The first-order valence-corrected chi connectivity index (χ1v) is 5.64. The van der Waals surface area contributed by atoms with Crippen LogP contribution in [-0.4, -0.2) is 16.1 Å². The summed E-state index contributed by atoms with van der Waals surface area (Å²) in [7, 11) is 0. The van der Waals surface area contributed by atoms with Crippen LogP contribution in [0.15, 0.2) is 24.3 Å². The van der Waals surface area contributed by atoms with Crippen molar-refractivity contribution in [1.29, 1.82) is 5.26 Å². The average Bonchev–Trinajstić information content (AvgIpc) is 2.65. The van der Waals surface area contributed by atoms with Crippen molar-refractivity contribution in [3.8, 4) is 6.07 Å². The van der Waals surface area contributed by atoms with E-state index in [0.717, 1.165) is 23.2 Å². The first kappa shape index (κ1) is 12.1. The SMILES string of the molecule is Cc1nn(Cc2ccc(C#N)cc2)c(C)c1C=O. The molecule has 4 heteroatoms. The number of nitriles is 1. The molecule has 18 heavy (non-hydrogen) atoms. The first-order valence-electron chi connectivity index (χ1n) is 5.64. The van der Waals surface area contributed by atoms with Gasteiger partial charge in [-0.05, 0) is 31.5 Å². The first-order chi connectivity index (χ1) is 8.65. The van der Waals surface area contributed by atoms with Crippen LogP contribution in [0.5, 0.6) is 0 Å². The summed E-state index contributed by atoms with van der Waals surface area (Å²) in [6, 6.07) is 9.44. The summed E-state index contributed by atoms with van der Waals surface area (Å²) in [5.74, 6) is 0. The van der Waals surface area contributed by atoms with E-state index < -0.39 is 0 Å². The summed E-state index contributed by atoms with van der Waals surface area (Å²) < 4.78 is 1.81. The molecule has 0 atom stereocenters. The molecule has 1 aromatic carbocycles. The van der Waals surface area contributed by atoms with Crippen molar-refractivity contribution in [2.75, 3.05) is 0 Å². The van der Waals surface area contributed by atoms with Crippen LogP contribution < -0.4 is 0 Å². The monoisotopic (exact) mass is 239 g/mol. The van der Waals surface area contributed by atoms with E-state index in [2.05, 4.69) is 11.2 Å². The number of hydrogen-bond acceptors (Lipinski definition) is 3. The zero-order chi connectivity index (χ0) is 13.1. The minimum atomic E-state index is 0.603. The molecule has 0 saturated heterocycles. The molecular weight excluding hydrogens is 226 g/mol. The maximum atomic E-state index is 10.9. The van der Waals surface area contributed by atoms with E-state index in [-0.39, 0.29) is 0 Å². The number of rotatable bonds is 3. The van der Waals surface area contributed by atoms with Crippen LogP contribution in [-0.2, 0) is 6.54 Å². The molecular formula is C14H13N3O. The Balaban J connectivity index is 2.28. The fourth-order valence-electron chi connectivity index (χ4n) is 1.89. The Morgan fingerprint density at radius 3 is 2.50 bits per heavy atom. The molecule has 0 aliphatic rings. The Bertz CT molecular complexity index is 618. The molecule has 0 unspecified atom stereocenters. The zero-order valence-corrected chi connectivity index (χ0v) is 10.3. The zero-order valence-electron chi connectivity index (χ0n) is 10.3. The van der Waals surface area contributed by atoms with Gasteiger partial charge >= 0.3 is 0 Å². The number of nitrogens with zero attached hydrogens (tertiary/aromatic N) is 3. The van der Waals surface area contributed by atoms with Crippen LogP contribution in [0.2, 0.25) is 0 Å². The van der Waals surface area contributed by atoms with Crippen molar-refractivity contribution in [3.63, 3.8) is 0 Å². The quantitative estimate of drug-likeness (QED) is 0.772.